The van der Waals surface area contributed by atoms with E-state index in [0.29, 0.717) is 0 Å². The van der Waals surface area contributed by atoms with Gasteiger partial charge >= 0.3 is 19.8 Å². The third-order valence-electron chi connectivity index (χ3n) is 3.54. The Morgan fingerprint density at radius 3 is 1.76 bits per heavy atom. The molecule has 146 valence electrons. The molecule has 1 rings (SSSR count). The summed E-state index contributed by atoms with van der Waals surface area (Å²) < 4.78 is 20.6. The first kappa shape index (κ1) is 21.9. The summed E-state index contributed by atoms with van der Waals surface area (Å²) in [5.41, 5.74) is 0. The van der Waals surface area contributed by atoms with Crippen molar-refractivity contribution in [2.75, 3.05) is 6.61 Å². The average molecular weight is 390 g/mol. The lowest BCUT2D eigenvalue weighted by Crippen LogP contribution is -2.64. The van der Waals surface area contributed by atoms with E-state index < -0.39 is 75.3 Å². The molecule has 3 unspecified atom stereocenters. The van der Waals surface area contributed by atoms with Crippen LogP contribution in [0.4, 0.5) is 0 Å². The van der Waals surface area contributed by atoms with Gasteiger partial charge in [-0.1, -0.05) is 0 Å². The Kier molecular flexibility index (Phi) is 7.43. The predicted molar refractivity (Wildman–Crippen MR) is 74.1 cm³/mol. The lowest BCUT2D eigenvalue weighted by Gasteiger charge is -2.41. The number of hydrogen-bond acceptors (Lipinski definition) is 10. The van der Waals surface area contributed by atoms with Gasteiger partial charge in [-0.15, -0.1) is 0 Å². The van der Waals surface area contributed by atoms with Crippen LogP contribution in [0.5, 0.6) is 0 Å². The zero-order chi connectivity index (χ0) is 19.5. The smallest absolute Gasteiger partial charge is 0.472 e. The molecule has 1 aliphatic carbocycles. The highest BCUT2D eigenvalue weighted by Gasteiger charge is 2.51. The maximum Gasteiger partial charge on any atom is 0.472 e. The Balaban J connectivity index is 2.77. The van der Waals surface area contributed by atoms with Crippen molar-refractivity contribution in [1.82, 2.24) is 0 Å². The summed E-state index contributed by atoms with van der Waals surface area (Å²) in [7, 11) is -5.13. The average Bonchev–Trinajstić information content (AvgIpc) is 2.51. The molecule has 0 bridgehead atoms. The molecule has 1 fully saturated rings. The molecule has 0 aliphatic heterocycles. The number of carboxylic acids is 2. The minimum atomic E-state index is -5.13. The molecule has 8 atom stereocenters. The Morgan fingerprint density at radius 2 is 1.36 bits per heavy atom. The Bertz CT molecular complexity index is 522. The fourth-order valence-corrected chi connectivity index (χ4v) is 3.10. The Morgan fingerprint density at radius 1 is 0.920 bits per heavy atom. The first-order valence-corrected chi connectivity index (χ1v) is 8.37. The number of carboxylic acid groups (broad SMARTS) is 2. The van der Waals surface area contributed by atoms with Crippen LogP contribution in [0.2, 0.25) is 0 Å². The highest BCUT2D eigenvalue weighted by molar-refractivity contribution is 7.47. The van der Waals surface area contributed by atoms with Crippen molar-refractivity contribution < 1.29 is 63.8 Å². The highest BCUT2D eigenvalue weighted by Crippen LogP contribution is 2.47. The first-order valence-electron chi connectivity index (χ1n) is 6.88. The van der Waals surface area contributed by atoms with Crippen molar-refractivity contribution in [2.24, 2.45) is 5.92 Å². The van der Waals surface area contributed by atoms with Crippen LogP contribution in [-0.4, -0.2) is 95.8 Å². The molecule has 0 spiro atoms. The monoisotopic (exact) mass is 390 g/mol. The third-order valence-corrected chi connectivity index (χ3v) is 4.52. The summed E-state index contributed by atoms with van der Waals surface area (Å²) in [5, 5.41) is 65.0. The number of phosphoric ester groups is 1. The molecule has 14 heteroatoms. The lowest BCUT2D eigenvalue weighted by molar-refractivity contribution is -0.220. The van der Waals surface area contributed by atoms with Gasteiger partial charge in [0.15, 0.2) is 0 Å². The van der Waals surface area contributed by atoms with E-state index in [1.165, 1.54) is 0 Å². The quantitative estimate of drug-likeness (QED) is 0.188. The fraction of sp³-hybridized carbons (Fsp3) is 0.818. The van der Waals surface area contributed by atoms with Crippen molar-refractivity contribution in [2.45, 2.75) is 43.0 Å². The van der Waals surface area contributed by atoms with E-state index in [-0.39, 0.29) is 0 Å². The number of hydrogen-bond donors (Lipinski definition) is 8. The first-order chi connectivity index (χ1) is 11.4. The van der Waals surface area contributed by atoms with Crippen LogP contribution < -0.4 is 0 Å². The minimum absolute atomic E-state index is 0.909. The lowest BCUT2D eigenvalue weighted by atomic mass is 9.85. The zero-order valence-electron chi connectivity index (χ0n) is 12.5. The summed E-state index contributed by atoms with van der Waals surface area (Å²) in [5.74, 6) is -4.79. The van der Waals surface area contributed by atoms with Crippen LogP contribution in [-0.2, 0) is 23.2 Å². The van der Waals surface area contributed by atoms with Crippen molar-refractivity contribution in [1.29, 1.82) is 0 Å². The topological polar surface area (TPSA) is 232 Å². The van der Waals surface area contributed by atoms with E-state index in [9.17, 15) is 44.6 Å². The van der Waals surface area contributed by atoms with E-state index in [0.717, 1.165) is 0 Å². The fourth-order valence-electron chi connectivity index (χ4n) is 2.12. The van der Waals surface area contributed by atoms with E-state index in [2.05, 4.69) is 9.05 Å². The molecule has 0 aromatic carbocycles. The number of aliphatic hydroxyl groups is 5. The summed E-state index contributed by atoms with van der Waals surface area (Å²) in [6.45, 7) is -1.04. The van der Waals surface area contributed by atoms with Crippen molar-refractivity contribution >= 4 is 19.8 Å². The standard InChI is InChI=1S/C11H19O13P/c12-4(13)1-3(11(19)20)2-23-25(21,22)24-10-8(17)6(15)5(14)7(16)9(10)18/h3,5-10,14-18H,1-2H2,(H,12,13)(H,19,20)(H,21,22)/t3-,5?,6-,7+,8-,9-,10?/m1/s1. The summed E-state index contributed by atoms with van der Waals surface area (Å²) in [4.78, 5) is 30.9. The van der Waals surface area contributed by atoms with Crippen LogP contribution >= 0.6 is 7.82 Å². The second-order valence-electron chi connectivity index (χ2n) is 5.42. The minimum Gasteiger partial charge on any atom is -0.481 e. The maximum atomic E-state index is 11.8. The molecule has 25 heavy (non-hydrogen) atoms. The molecular formula is C11H19O13P. The number of phosphoric acid groups is 1. The SMILES string of the molecule is O=C(O)C[C@H](COP(=O)(O)OC1[C@H](O)[C@H](O)C(O)[C@H](O)[C@H]1O)C(=O)O. The Hall–Kier alpha value is -1.15. The molecule has 13 nitrogen and oxygen atoms in total. The summed E-state index contributed by atoms with van der Waals surface area (Å²) >= 11 is 0. The third kappa shape index (κ3) is 5.67. The van der Waals surface area contributed by atoms with Gasteiger partial charge in [-0.25, -0.2) is 4.57 Å². The second-order valence-corrected chi connectivity index (χ2v) is 6.83. The summed E-state index contributed by atoms with van der Waals surface area (Å²) in [6, 6.07) is 0. The van der Waals surface area contributed by atoms with Crippen LogP contribution in [0.3, 0.4) is 0 Å². The van der Waals surface area contributed by atoms with Crippen LogP contribution in [0.1, 0.15) is 6.42 Å². The molecule has 0 heterocycles. The van der Waals surface area contributed by atoms with Gasteiger partial charge in [-0.05, 0) is 0 Å². The van der Waals surface area contributed by atoms with Crippen molar-refractivity contribution in [3.8, 4) is 0 Å². The van der Waals surface area contributed by atoms with Gasteiger partial charge in [-0.2, -0.15) is 0 Å². The molecule has 1 aliphatic rings. The van der Waals surface area contributed by atoms with Gasteiger partial charge in [0.25, 0.3) is 0 Å². The van der Waals surface area contributed by atoms with Crippen molar-refractivity contribution in [3.05, 3.63) is 0 Å². The molecule has 0 saturated heterocycles. The van der Waals surface area contributed by atoms with Crippen molar-refractivity contribution in [3.63, 3.8) is 0 Å². The van der Waals surface area contributed by atoms with Crippen LogP contribution in [0.15, 0.2) is 0 Å². The highest BCUT2D eigenvalue weighted by atomic mass is 31.2. The molecule has 0 aromatic heterocycles. The molecular weight excluding hydrogens is 371 g/mol. The molecule has 0 amide bonds. The number of rotatable bonds is 8. The van der Waals surface area contributed by atoms with Crippen LogP contribution in [0.25, 0.3) is 0 Å². The van der Waals surface area contributed by atoms with E-state index in [1.807, 2.05) is 0 Å². The molecule has 1 saturated carbocycles. The van der Waals surface area contributed by atoms with Gasteiger partial charge in [0.2, 0.25) is 0 Å². The molecule has 8 N–H and O–H groups in total. The second kappa shape index (κ2) is 8.49. The van der Waals surface area contributed by atoms with E-state index in [4.69, 9.17) is 10.2 Å². The summed E-state index contributed by atoms with van der Waals surface area (Å²) in [6.07, 6.45) is -13.1. The normalized spacial score (nSPS) is 36.4. The molecule has 0 radical (unpaired) electrons. The molecule has 0 aromatic rings. The largest absolute Gasteiger partial charge is 0.481 e. The van der Waals surface area contributed by atoms with Gasteiger partial charge in [0, 0.05) is 0 Å². The van der Waals surface area contributed by atoms with Gasteiger partial charge in [-0.3, -0.25) is 18.6 Å². The number of carbonyl (C=O) groups is 2. The van der Waals surface area contributed by atoms with Gasteiger partial charge < -0.3 is 40.6 Å². The van der Waals surface area contributed by atoms with Gasteiger partial charge in [0.1, 0.15) is 36.6 Å². The predicted octanol–water partition coefficient (Wildman–Crippen LogP) is -3.52. The number of aliphatic carboxylic acids is 2. The maximum absolute atomic E-state index is 11.8. The van der Waals surface area contributed by atoms with E-state index in [1.54, 1.807) is 0 Å². The number of aliphatic hydroxyl groups excluding tert-OH is 5. The van der Waals surface area contributed by atoms with E-state index >= 15 is 0 Å². The van der Waals surface area contributed by atoms with Gasteiger partial charge in [0.05, 0.1) is 18.9 Å². The van der Waals surface area contributed by atoms with Crippen LogP contribution in [0, 0.1) is 5.92 Å². The Labute approximate surface area is 140 Å². The zero-order valence-corrected chi connectivity index (χ0v) is 13.4.